The number of hydrogen-bond acceptors (Lipinski definition) is 5. The molecule has 0 radical (unpaired) electrons. The van der Waals surface area contributed by atoms with Crippen LogP contribution in [0.1, 0.15) is 50.6 Å². The molecule has 0 unspecified atom stereocenters. The Morgan fingerprint density at radius 2 is 1.86 bits per heavy atom. The largest absolute Gasteiger partial charge is 0.478 e. The molecule has 4 aromatic rings. The first kappa shape index (κ1) is 23.9. The van der Waals surface area contributed by atoms with Gasteiger partial charge in [0.05, 0.1) is 5.56 Å². The fraction of sp³-hybridized carbons (Fsp3) is 0.345. The lowest BCUT2D eigenvalue weighted by Crippen LogP contribution is -2.48. The summed E-state index contributed by atoms with van der Waals surface area (Å²) in [5.41, 5.74) is 4.20. The van der Waals surface area contributed by atoms with Crippen molar-refractivity contribution in [2.75, 3.05) is 26.2 Å². The number of carboxylic acid groups (broad SMARTS) is 1. The molecule has 1 saturated heterocycles. The van der Waals surface area contributed by atoms with Gasteiger partial charge < -0.3 is 14.6 Å². The van der Waals surface area contributed by atoms with Gasteiger partial charge >= 0.3 is 5.97 Å². The van der Waals surface area contributed by atoms with E-state index in [0.717, 1.165) is 62.2 Å². The van der Waals surface area contributed by atoms with E-state index in [1.165, 1.54) is 5.56 Å². The summed E-state index contributed by atoms with van der Waals surface area (Å²) in [5, 5.41) is 15.9. The zero-order valence-corrected chi connectivity index (χ0v) is 21.8. The van der Waals surface area contributed by atoms with Crippen LogP contribution in [0.15, 0.2) is 47.2 Å². The normalized spacial score (nSPS) is 16.2. The second kappa shape index (κ2) is 9.76. The van der Waals surface area contributed by atoms with Gasteiger partial charge in [-0.25, -0.2) is 9.78 Å². The number of carbonyl (C=O) groups excluding carboxylic acids is 1. The van der Waals surface area contributed by atoms with Crippen LogP contribution in [-0.4, -0.2) is 62.5 Å². The fourth-order valence-electron chi connectivity index (χ4n) is 5.76. The molecule has 0 bridgehead atoms. The van der Waals surface area contributed by atoms with Gasteiger partial charge in [-0.1, -0.05) is 24.3 Å². The van der Waals surface area contributed by atoms with Gasteiger partial charge in [-0.05, 0) is 64.6 Å². The van der Waals surface area contributed by atoms with Crippen molar-refractivity contribution in [3.05, 3.63) is 75.4 Å². The van der Waals surface area contributed by atoms with Crippen molar-refractivity contribution < 1.29 is 14.7 Å². The molecule has 1 fully saturated rings. The maximum atomic E-state index is 14.1. The Labute approximate surface area is 220 Å². The maximum absolute atomic E-state index is 14.1. The lowest BCUT2D eigenvalue weighted by molar-refractivity contribution is 0.0617. The smallest absolute Gasteiger partial charge is 0.336 e. The Morgan fingerprint density at radius 3 is 2.62 bits per heavy atom. The van der Waals surface area contributed by atoms with Crippen molar-refractivity contribution in [1.29, 1.82) is 0 Å². The van der Waals surface area contributed by atoms with E-state index >= 15 is 0 Å². The molecule has 7 nitrogen and oxygen atoms in total. The van der Waals surface area contributed by atoms with E-state index in [9.17, 15) is 14.7 Å². The molecule has 0 saturated carbocycles. The summed E-state index contributed by atoms with van der Waals surface area (Å²) < 4.78 is 2.09. The number of rotatable bonds is 5. The minimum absolute atomic E-state index is 0.00438. The average molecular weight is 515 g/mol. The highest BCUT2D eigenvalue weighted by atomic mass is 32.1. The first-order chi connectivity index (χ1) is 18.0. The number of piperazine rings is 1. The van der Waals surface area contributed by atoms with Crippen molar-refractivity contribution in [3.63, 3.8) is 0 Å². The molecule has 0 atom stereocenters. The second-order valence-corrected chi connectivity index (χ2v) is 10.8. The number of carboxylic acids is 1. The molecule has 4 heterocycles. The van der Waals surface area contributed by atoms with Crippen LogP contribution in [-0.2, 0) is 19.5 Å². The Hall–Kier alpha value is -3.49. The quantitative estimate of drug-likeness (QED) is 0.403. The van der Waals surface area contributed by atoms with Crippen LogP contribution in [0.5, 0.6) is 0 Å². The zero-order chi connectivity index (χ0) is 25.5. The number of aromatic nitrogens is 2. The first-order valence-electron chi connectivity index (χ1n) is 12.9. The number of benzene rings is 2. The highest BCUT2D eigenvalue weighted by Crippen LogP contribution is 2.36. The minimum atomic E-state index is -0.964. The lowest BCUT2D eigenvalue weighted by atomic mass is 9.92. The first-order valence-corrected chi connectivity index (χ1v) is 13.8. The van der Waals surface area contributed by atoms with Crippen LogP contribution >= 0.6 is 11.3 Å². The van der Waals surface area contributed by atoms with Crippen molar-refractivity contribution >= 4 is 34.0 Å². The van der Waals surface area contributed by atoms with E-state index in [1.807, 2.05) is 42.2 Å². The molecule has 2 aromatic carbocycles. The third-order valence-corrected chi connectivity index (χ3v) is 8.44. The fourth-order valence-corrected chi connectivity index (χ4v) is 6.42. The van der Waals surface area contributed by atoms with Gasteiger partial charge in [-0.2, -0.15) is 11.3 Å². The average Bonchev–Trinajstić information content (AvgIpc) is 3.56. The molecule has 2 aliphatic rings. The van der Waals surface area contributed by atoms with Gasteiger partial charge in [-0.3, -0.25) is 9.69 Å². The van der Waals surface area contributed by atoms with Crippen LogP contribution in [0.2, 0.25) is 0 Å². The number of aryl methyl sites for hydroxylation is 1. The van der Waals surface area contributed by atoms with Crippen molar-refractivity contribution in [2.24, 2.45) is 0 Å². The number of carbonyl (C=O) groups is 2. The molecule has 2 aliphatic heterocycles. The van der Waals surface area contributed by atoms with Gasteiger partial charge in [0.2, 0.25) is 0 Å². The van der Waals surface area contributed by atoms with Crippen LogP contribution in [0, 0.1) is 6.92 Å². The summed E-state index contributed by atoms with van der Waals surface area (Å²) in [7, 11) is 0. The third-order valence-electron chi connectivity index (χ3n) is 7.71. The number of fused-ring (bicyclic) bond motifs is 2. The SMILES string of the molecule is Cc1c(-c2nc3n(c2C(=O)N2CCN(Cc4ccsc4)CC2)CCCC3)cc2ccccc2c1C(=O)O. The number of amides is 1. The molecular weight excluding hydrogens is 484 g/mol. The molecule has 8 heteroatoms. The van der Waals surface area contributed by atoms with Crippen LogP contribution < -0.4 is 0 Å². The number of thiophene rings is 1. The predicted octanol–water partition coefficient (Wildman–Crippen LogP) is 5.07. The van der Waals surface area contributed by atoms with Crippen molar-refractivity contribution in [1.82, 2.24) is 19.4 Å². The summed E-state index contributed by atoms with van der Waals surface area (Å²) in [5.74, 6) is -0.0467. The van der Waals surface area contributed by atoms with E-state index in [4.69, 9.17) is 4.98 Å². The Bertz CT molecular complexity index is 1480. The third kappa shape index (κ3) is 4.34. The van der Waals surface area contributed by atoms with E-state index in [1.54, 1.807) is 11.3 Å². The summed E-state index contributed by atoms with van der Waals surface area (Å²) in [6.07, 6.45) is 2.88. The molecule has 6 rings (SSSR count). The summed E-state index contributed by atoms with van der Waals surface area (Å²) in [4.78, 5) is 35.7. The van der Waals surface area contributed by atoms with Crippen molar-refractivity contribution in [3.8, 4) is 11.3 Å². The van der Waals surface area contributed by atoms with E-state index in [-0.39, 0.29) is 11.5 Å². The number of hydrogen-bond donors (Lipinski definition) is 1. The maximum Gasteiger partial charge on any atom is 0.336 e. The zero-order valence-electron chi connectivity index (χ0n) is 20.9. The van der Waals surface area contributed by atoms with Crippen LogP contribution in [0.25, 0.3) is 22.0 Å². The molecule has 2 aromatic heterocycles. The van der Waals surface area contributed by atoms with E-state index < -0.39 is 5.97 Å². The Kier molecular flexibility index (Phi) is 6.30. The molecule has 0 spiro atoms. The highest BCUT2D eigenvalue weighted by molar-refractivity contribution is 7.07. The highest BCUT2D eigenvalue weighted by Gasteiger charge is 2.32. The van der Waals surface area contributed by atoms with Crippen molar-refractivity contribution in [2.45, 2.75) is 39.3 Å². The molecule has 190 valence electrons. The Morgan fingerprint density at radius 1 is 1.05 bits per heavy atom. The lowest BCUT2D eigenvalue weighted by Gasteiger charge is -2.35. The molecule has 1 N–H and O–H groups in total. The number of aromatic carboxylic acids is 1. The number of imidazole rings is 1. The monoisotopic (exact) mass is 514 g/mol. The van der Waals surface area contributed by atoms with Gasteiger partial charge in [0, 0.05) is 51.3 Å². The standard InChI is InChI=1S/C29H30N4O3S/c1-19-23(16-21-6-2-3-7-22(21)25(19)29(35)36)26-27(33-10-5-4-8-24(33)30-26)28(34)32-13-11-31(12-14-32)17-20-9-15-37-18-20/h2-3,6-7,9,15-16,18H,4-5,8,10-14,17H2,1H3,(H,35,36). The molecule has 37 heavy (non-hydrogen) atoms. The molecule has 0 aliphatic carbocycles. The van der Waals surface area contributed by atoms with Gasteiger partial charge in [0.1, 0.15) is 17.2 Å². The second-order valence-electron chi connectivity index (χ2n) is 9.98. The van der Waals surface area contributed by atoms with Gasteiger partial charge in [-0.15, -0.1) is 0 Å². The van der Waals surface area contributed by atoms with Crippen LogP contribution in [0.4, 0.5) is 0 Å². The molecule has 1 amide bonds. The van der Waals surface area contributed by atoms with Gasteiger partial charge in [0.15, 0.2) is 0 Å². The minimum Gasteiger partial charge on any atom is -0.478 e. The van der Waals surface area contributed by atoms with Gasteiger partial charge in [0.25, 0.3) is 5.91 Å². The van der Waals surface area contributed by atoms with Crippen LogP contribution in [0.3, 0.4) is 0 Å². The Balaban J connectivity index is 1.39. The summed E-state index contributed by atoms with van der Waals surface area (Å²) in [6, 6.07) is 11.7. The predicted molar refractivity (Wildman–Crippen MR) is 145 cm³/mol. The summed E-state index contributed by atoms with van der Waals surface area (Å²) >= 11 is 1.71. The topological polar surface area (TPSA) is 78.7 Å². The molecular formula is C29H30N4O3S. The van der Waals surface area contributed by atoms with E-state index in [0.29, 0.717) is 35.4 Å². The number of nitrogens with zero attached hydrogens (tertiary/aromatic N) is 4. The summed E-state index contributed by atoms with van der Waals surface area (Å²) in [6.45, 7) is 6.50. The van der Waals surface area contributed by atoms with E-state index in [2.05, 4.69) is 26.3 Å².